The van der Waals surface area contributed by atoms with Gasteiger partial charge in [0.1, 0.15) is 11.7 Å². The fraction of sp³-hybridized carbons (Fsp3) is 0.406. The Labute approximate surface area is 248 Å². The summed E-state index contributed by atoms with van der Waals surface area (Å²) in [5, 5.41) is 0.0170. The maximum absolute atomic E-state index is 14.3. The lowest BCUT2D eigenvalue weighted by Crippen LogP contribution is -2.54. The van der Waals surface area contributed by atoms with E-state index in [1.807, 2.05) is 37.5 Å². The highest BCUT2D eigenvalue weighted by molar-refractivity contribution is 6.30. The second kappa shape index (κ2) is 14.3. The third kappa shape index (κ3) is 7.55. The van der Waals surface area contributed by atoms with Crippen molar-refractivity contribution in [1.82, 2.24) is 9.80 Å². The first-order valence-corrected chi connectivity index (χ1v) is 14.6. The van der Waals surface area contributed by atoms with E-state index in [2.05, 4.69) is 43.0 Å². The van der Waals surface area contributed by atoms with Crippen molar-refractivity contribution in [3.05, 3.63) is 87.9 Å². The SMILES string of the molecule is C/C=C(\C=C1\N=C(c2ccc(Cl)c(F)c2)N(CCC(N)=O)C1C)C(=O)N1CCN(c2cccc(C)c2)C(C)C1.CC. The molecule has 2 N–H and O–H groups in total. The van der Waals surface area contributed by atoms with Gasteiger partial charge in [0.15, 0.2) is 0 Å². The lowest BCUT2D eigenvalue weighted by atomic mass is 10.1. The number of amides is 2. The van der Waals surface area contributed by atoms with Gasteiger partial charge in [-0.3, -0.25) is 9.59 Å². The van der Waals surface area contributed by atoms with Gasteiger partial charge in [-0.1, -0.05) is 43.7 Å². The summed E-state index contributed by atoms with van der Waals surface area (Å²) >= 11 is 5.89. The zero-order valence-corrected chi connectivity index (χ0v) is 25.6. The Morgan fingerprint density at radius 2 is 1.88 bits per heavy atom. The summed E-state index contributed by atoms with van der Waals surface area (Å²) in [5.41, 5.74) is 9.50. The van der Waals surface area contributed by atoms with E-state index in [9.17, 15) is 14.0 Å². The van der Waals surface area contributed by atoms with Gasteiger partial charge in [0.05, 0.1) is 16.8 Å². The average molecular weight is 582 g/mol. The number of hydrogen-bond acceptors (Lipinski definition) is 5. The summed E-state index contributed by atoms with van der Waals surface area (Å²) in [6, 6.07) is 12.8. The van der Waals surface area contributed by atoms with Crippen molar-refractivity contribution in [2.45, 2.75) is 60.0 Å². The largest absolute Gasteiger partial charge is 0.370 e. The lowest BCUT2D eigenvalue weighted by Gasteiger charge is -2.41. The van der Waals surface area contributed by atoms with Crippen LogP contribution in [0.1, 0.15) is 52.2 Å². The van der Waals surface area contributed by atoms with Gasteiger partial charge in [-0.2, -0.15) is 0 Å². The van der Waals surface area contributed by atoms with E-state index >= 15 is 0 Å². The Morgan fingerprint density at radius 3 is 2.49 bits per heavy atom. The molecule has 2 aliphatic heterocycles. The van der Waals surface area contributed by atoms with Crippen LogP contribution in [0.3, 0.4) is 0 Å². The summed E-state index contributed by atoms with van der Waals surface area (Å²) in [6.07, 6.45) is 3.70. The summed E-state index contributed by atoms with van der Waals surface area (Å²) in [4.78, 5) is 36.0. The van der Waals surface area contributed by atoms with E-state index in [1.165, 1.54) is 23.4 Å². The molecule has 0 radical (unpaired) electrons. The summed E-state index contributed by atoms with van der Waals surface area (Å²) < 4.78 is 14.3. The van der Waals surface area contributed by atoms with Crippen molar-refractivity contribution < 1.29 is 14.0 Å². The summed E-state index contributed by atoms with van der Waals surface area (Å²) in [5.74, 6) is -0.545. The first-order valence-electron chi connectivity index (χ1n) is 14.2. The number of benzene rings is 2. The van der Waals surface area contributed by atoms with Gasteiger partial charge in [0.25, 0.3) is 5.91 Å². The van der Waals surface area contributed by atoms with E-state index in [0.717, 1.165) is 6.54 Å². The van der Waals surface area contributed by atoms with Crippen LogP contribution in [0.25, 0.3) is 0 Å². The Hall–Kier alpha value is -3.65. The number of nitrogens with two attached hydrogens (primary N) is 1. The number of allylic oxidation sites excluding steroid dienone is 1. The third-order valence-corrected chi connectivity index (χ3v) is 7.60. The zero-order chi connectivity index (χ0) is 30.3. The van der Waals surface area contributed by atoms with Gasteiger partial charge in [-0.25, -0.2) is 9.38 Å². The molecule has 0 saturated carbocycles. The monoisotopic (exact) mass is 581 g/mol. The highest BCUT2D eigenvalue weighted by atomic mass is 35.5. The number of piperazine rings is 1. The van der Waals surface area contributed by atoms with E-state index in [0.29, 0.717) is 42.3 Å². The first kappa shape index (κ1) is 31.9. The lowest BCUT2D eigenvalue weighted by molar-refractivity contribution is -0.127. The van der Waals surface area contributed by atoms with Gasteiger partial charge in [0, 0.05) is 55.5 Å². The topological polar surface area (TPSA) is 82.2 Å². The maximum Gasteiger partial charge on any atom is 0.253 e. The molecule has 2 aromatic rings. The Bertz CT molecular complexity index is 1360. The highest BCUT2D eigenvalue weighted by Crippen LogP contribution is 2.29. The fourth-order valence-corrected chi connectivity index (χ4v) is 5.23. The minimum Gasteiger partial charge on any atom is -0.370 e. The molecular formula is C32H41ClFN5O2. The normalized spacial score (nSPS) is 20.1. The molecule has 9 heteroatoms. The first-order chi connectivity index (χ1) is 19.6. The fourth-order valence-electron chi connectivity index (χ4n) is 5.11. The molecule has 0 spiro atoms. The van der Waals surface area contributed by atoms with Gasteiger partial charge >= 0.3 is 0 Å². The predicted molar refractivity (Wildman–Crippen MR) is 166 cm³/mol. The van der Waals surface area contributed by atoms with E-state index in [1.54, 1.807) is 18.2 Å². The van der Waals surface area contributed by atoms with Gasteiger partial charge in [-0.15, -0.1) is 0 Å². The number of hydrogen-bond donors (Lipinski definition) is 1. The number of nitrogens with zero attached hydrogens (tertiary/aromatic N) is 4. The van der Waals surface area contributed by atoms with Crippen molar-refractivity contribution in [1.29, 1.82) is 0 Å². The third-order valence-electron chi connectivity index (χ3n) is 7.29. The molecule has 2 unspecified atom stereocenters. The van der Waals surface area contributed by atoms with Crippen LogP contribution in [0.5, 0.6) is 0 Å². The molecule has 7 nitrogen and oxygen atoms in total. The van der Waals surface area contributed by atoms with Gasteiger partial charge in [-0.05, 0) is 69.7 Å². The number of aryl methyl sites for hydroxylation is 1. The van der Waals surface area contributed by atoms with Crippen LogP contribution in [0.15, 0.2) is 70.9 Å². The molecule has 1 saturated heterocycles. The van der Waals surface area contributed by atoms with E-state index < -0.39 is 11.7 Å². The summed E-state index contributed by atoms with van der Waals surface area (Å²) in [7, 11) is 0. The summed E-state index contributed by atoms with van der Waals surface area (Å²) in [6.45, 7) is 14.3. The molecule has 2 atom stereocenters. The number of carbonyl (C=O) groups excluding carboxylic acids is 2. The van der Waals surface area contributed by atoms with Crippen molar-refractivity contribution in [3.8, 4) is 0 Å². The minimum absolute atomic E-state index is 0.0170. The number of halogens is 2. The number of anilines is 1. The minimum atomic E-state index is -0.556. The average Bonchev–Trinajstić information content (AvgIpc) is 3.27. The molecule has 2 aliphatic rings. The molecule has 2 heterocycles. The van der Waals surface area contributed by atoms with Crippen molar-refractivity contribution >= 4 is 34.9 Å². The van der Waals surface area contributed by atoms with Crippen molar-refractivity contribution in [3.63, 3.8) is 0 Å². The quantitative estimate of drug-likeness (QED) is 0.425. The standard InChI is InChI=1S/C30H35ClFN5O2.C2H6/c1-5-22(30(39)35-13-14-36(20(3)18-35)24-8-6-7-19(2)15-24)17-27-21(4)37(12-11-28(33)38)29(34-27)23-9-10-25(31)26(32)16-23;1-2/h5-10,15-17,20-21H,11-14,18H2,1-4H3,(H2,33,38);1-2H3/b22-5+,27-17+;. The predicted octanol–water partition coefficient (Wildman–Crippen LogP) is 5.71. The molecule has 2 aromatic carbocycles. The molecule has 0 bridgehead atoms. The molecule has 0 aromatic heterocycles. The second-order valence-electron chi connectivity index (χ2n) is 10.1. The highest BCUT2D eigenvalue weighted by Gasteiger charge is 2.32. The van der Waals surface area contributed by atoms with Crippen molar-refractivity contribution in [2.24, 2.45) is 10.7 Å². The Morgan fingerprint density at radius 1 is 1.15 bits per heavy atom. The van der Waals surface area contributed by atoms with Crippen LogP contribution >= 0.6 is 11.6 Å². The van der Waals surface area contributed by atoms with Gasteiger partial charge in [0.2, 0.25) is 5.91 Å². The van der Waals surface area contributed by atoms with Gasteiger partial charge < -0.3 is 20.4 Å². The number of aliphatic imine (C=N–C) groups is 1. The molecule has 1 fully saturated rings. The maximum atomic E-state index is 14.3. The number of carbonyl (C=O) groups is 2. The van der Waals surface area contributed by atoms with Crippen LogP contribution in [0, 0.1) is 12.7 Å². The smallest absolute Gasteiger partial charge is 0.253 e. The Kier molecular flexibility index (Phi) is 11.1. The molecule has 0 aliphatic carbocycles. The number of amidine groups is 1. The Balaban J connectivity index is 0.00000226. The van der Waals surface area contributed by atoms with E-state index in [4.69, 9.17) is 22.3 Å². The molecule has 220 valence electrons. The molecule has 41 heavy (non-hydrogen) atoms. The number of rotatable bonds is 7. The molecule has 4 rings (SSSR count). The zero-order valence-electron chi connectivity index (χ0n) is 24.8. The second-order valence-corrected chi connectivity index (χ2v) is 10.5. The number of primary amides is 1. The van der Waals surface area contributed by atoms with Crippen LogP contribution in [-0.4, -0.2) is 65.7 Å². The van der Waals surface area contributed by atoms with Crippen LogP contribution < -0.4 is 10.6 Å². The van der Waals surface area contributed by atoms with Crippen molar-refractivity contribution in [2.75, 3.05) is 31.1 Å². The van der Waals surface area contributed by atoms with Crippen LogP contribution in [0.2, 0.25) is 5.02 Å². The molecular weight excluding hydrogens is 541 g/mol. The molecule has 2 amide bonds. The van der Waals surface area contributed by atoms with E-state index in [-0.39, 0.29) is 29.4 Å². The van der Waals surface area contributed by atoms with Crippen LogP contribution in [-0.2, 0) is 9.59 Å². The van der Waals surface area contributed by atoms with Crippen LogP contribution in [0.4, 0.5) is 10.1 Å².